The molecule has 0 amide bonds. The molecule has 2 aliphatic rings. The molecule has 2 heterocycles. The lowest BCUT2D eigenvalue weighted by Crippen LogP contribution is -2.31. The van der Waals surface area contributed by atoms with Gasteiger partial charge in [-0.3, -0.25) is 4.79 Å². The van der Waals surface area contributed by atoms with E-state index in [-0.39, 0.29) is 29.1 Å². The van der Waals surface area contributed by atoms with Gasteiger partial charge in [0.15, 0.2) is 23.6 Å². The number of aliphatic hydroxyl groups is 1. The molecule has 1 aromatic carbocycles. The van der Waals surface area contributed by atoms with Crippen LogP contribution < -0.4 is 9.47 Å². The van der Waals surface area contributed by atoms with Gasteiger partial charge in [-0.1, -0.05) is 13.8 Å². The quantitative estimate of drug-likeness (QED) is 0.760. The fourth-order valence-electron chi connectivity index (χ4n) is 2.98. The monoisotopic (exact) mass is 278 g/mol. The molecule has 0 bridgehead atoms. The summed E-state index contributed by atoms with van der Waals surface area (Å²) < 4.78 is 11.0. The van der Waals surface area contributed by atoms with Gasteiger partial charge < -0.3 is 19.7 Å². The molecular weight excluding hydrogens is 260 g/mol. The van der Waals surface area contributed by atoms with Gasteiger partial charge in [0, 0.05) is 17.5 Å². The summed E-state index contributed by atoms with van der Waals surface area (Å²) in [5, 5.41) is 20.0. The van der Waals surface area contributed by atoms with Crippen LogP contribution in [-0.4, -0.2) is 28.9 Å². The third-order valence-electron chi connectivity index (χ3n) is 4.13. The molecule has 3 atom stereocenters. The van der Waals surface area contributed by atoms with E-state index in [4.69, 9.17) is 9.47 Å². The molecule has 1 unspecified atom stereocenters. The van der Waals surface area contributed by atoms with Gasteiger partial charge in [-0.05, 0) is 12.8 Å². The summed E-state index contributed by atoms with van der Waals surface area (Å²) in [4.78, 5) is 12.5. The fourth-order valence-corrected chi connectivity index (χ4v) is 2.98. The van der Waals surface area contributed by atoms with Crippen molar-refractivity contribution in [1.29, 1.82) is 0 Å². The molecule has 2 aliphatic heterocycles. The van der Waals surface area contributed by atoms with Crippen LogP contribution in [-0.2, 0) is 0 Å². The summed E-state index contributed by atoms with van der Waals surface area (Å²) in [6.45, 7) is 5.74. The molecule has 5 nitrogen and oxygen atoms in total. The summed E-state index contributed by atoms with van der Waals surface area (Å²) in [5.41, 5.74) is 1.65. The van der Waals surface area contributed by atoms with Crippen molar-refractivity contribution in [3.05, 3.63) is 16.7 Å². The van der Waals surface area contributed by atoms with E-state index in [9.17, 15) is 15.0 Å². The molecule has 0 radical (unpaired) electrons. The van der Waals surface area contributed by atoms with Crippen LogP contribution >= 0.6 is 0 Å². The van der Waals surface area contributed by atoms with Crippen LogP contribution in [0.15, 0.2) is 0 Å². The van der Waals surface area contributed by atoms with E-state index in [0.29, 0.717) is 35.5 Å². The van der Waals surface area contributed by atoms with Crippen molar-refractivity contribution in [2.75, 3.05) is 6.61 Å². The van der Waals surface area contributed by atoms with E-state index in [2.05, 4.69) is 0 Å². The Morgan fingerprint density at radius 3 is 2.60 bits per heavy atom. The van der Waals surface area contributed by atoms with Crippen LogP contribution in [0.4, 0.5) is 0 Å². The average Bonchev–Trinajstić information content (AvgIpc) is 2.39. The third-order valence-corrected chi connectivity index (χ3v) is 4.13. The predicted octanol–water partition coefficient (Wildman–Crippen LogP) is 2.12. The Kier molecular flexibility index (Phi) is 2.90. The number of aliphatic hydroxyl groups excluding tert-OH is 1. The maximum Gasteiger partial charge on any atom is 0.198 e. The predicted molar refractivity (Wildman–Crippen MR) is 71.5 cm³/mol. The van der Waals surface area contributed by atoms with Crippen molar-refractivity contribution in [3.63, 3.8) is 0 Å². The van der Waals surface area contributed by atoms with Gasteiger partial charge in [0.1, 0.15) is 5.75 Å². The Bertz CT molecular complexity index is 593. The smallest absolute Gasteiger partial charge is 0.198 e. The number of phenolic OH excluding ortho intramolecular Hbond substituents is 1. The lowest BCUT2D eigenvalue weighted by molar-refractivity contribution is -0.0396. The number of hydrogen-bond acceptors (Lipinski definition) is 5. The number of carbonyl (C=O) groups excluding carboxylic acids is 1. The number of rotatable bonds is 0. The number of carbonyl (C=O) groups is 1. The lowest BCUT2D eigenvalue weighted by Gasteiger charge is -2.34. The summed E-state index contributed by atoms with van der Waals surface area (Å²) in [5.74, 6) is 0.348. The number of benzene rings is 1. The summed E-state index contributed by atoms with van der Waals surface area (Å²) in [7, 11) is 0. The van der Waals surface area contributed by atoms with E-state index in [0.717, 1.165) is 0 Å². The second kappa shape index (κ2) is 4.38. The van der Waals surface area contributed by atoms with E-state index in [1.165, 1.54) is 0 Å². The van der Waals surface area contributed by atoms with Gasteiger partial charge in [-0.15, -0.1) is 0 Å². The minimum atomic E-state index is -0.960. The van der Waals surface area contributed by atoms with E-state index in [1.807, 2.05) is 13.8 Å². The van der Waals surface area contributed by atoms with E-state index in [1.54, 1.807) is 6.92 Å². The third kappa shape index (κ3) is 1.69. The normalized spacial score (nSPS) is 28.2. The van der Waals surface area contributed by atoms with Crippen molar-refractivity contribution in [2.45, 2.75) is 39.4 Å². The molecule has 0 saturated heterocycles. The van der Waals surface area contributed by atoms with Crippen LogP contribution in [0, 0.1) is 12.8 Å². The van der Waals surface area contributed by atoms with Crippen molar-refractivity contribution < 1.29 is 24.5 Å². The molecule has 0 fully saturated rings. The van der Waals surface area contributed by atoms with Crippen LogP contribution in [0.5, 0.6) is 17.2 Å². The zero-order chi connectivity index (χ0) is 14.6. The first-order chi connectivity index (χ1) is 9.41. The zero-order valence-electron chi connectivity index (χ0n) is 11.8. The number of ketones is 1. The van der Waals surface area contributed by atoms with Crippen LogP contribution in [0.25, 0.3) is 0 Å². The molecule has 0 aromatic heterocycles. The molecule has 2 N–H and O–H groups in total. The lowest BCUT2D eigenvalue weighted by atomic mass is 9.82. The number of fused-ring (bicyclic) bond motifs is 3. The van der Waals surface area contributed by atoms with E-state index < -0.39 is 6.29 Å². The molecule has 0 saturated carbocycles. The molecule has 0 spiro atoms. The summed E-state index contributed by atoms with van der Waals surface area (Å²) in [6, 6.07) is 0. The molecule has 108 valence electrons. The van der Waals surface area contributed by atoms with Crippen molar-refractivity contribution >= 4 is 5.78 Å². The SMILES string of the molecule is Cc1c(O)c2c(c3c1OCC(C)C3=O)[C@H](C)C[C@H](O)O2. The topological polar surface area (TPSA) is 76.0 Å². The maximum absolute atomic E-state index is 12.5. The Hall–Kier alpha value is -1.75. The summed E-state index contributed by atoms with van der Waals surface area (Å²) in [6.07, 6.45) is -0.568. The number of phenols is 1. The molecule has 5 heteroatoms. The van der Waals surface area contributed by atoms with Crippen LogP contribution in [0.2, 0.25) is 0 Å². The highest BCUT2D eigenvalue weighted by Crippen LogP contribution is 2.51. The second-order valence-corrected chi connectivity index (χ2v) is 5.71. The second-order valence-electron chi connectivity index (χ2n) is 5.71. The number of ether oxygens (including phenoxy) is 2. The van der Waals surface area contributed by atoms with Crippen molar-refractivity contribution in [1.82, 2.24) is 0 Å². The average molecular weight is 278 g/mol. The van der Waals surface area contributed by atoms with Gasteiger partial charge in [-0.25, -0.2) is 0 Å². The minimum absolute atomic E-state index is 0.0115. The van der Waals surface area contributed by atoms with E-state index >= 15 is 0 Å². The number of aromatic hydroxyl groups is 1. The first-order valence-corrected chi connectivity index (χ1v) is 6.83. The minimum Gasteiger partial charge on any atom is -0.504 e. The first kappa shape index (κ1) is 13.2. The van der Waals surface area contributed by atoms with Crippen molar-refractivity contribution in [3.8, 4) is 17.2 Å². The van der Waals surface area contributed by atoms with Gasteiger partial charge in [0.2, 0.25) is 0 Å². The molecule has 1 aromatic rings. The highest BCUT2D eigenvalue weighted by molar-refractivity contribution is 6.04. The van der Waals surface area contributed by atoms with Crippen LogP contribution in [0.1, 0.15) is 47.7 Å². The zero-order valence-corrected chi connectivity index (χ0v) is 11.8. The Balaban J connectivity index is 2.32. The summed E-state index contributed by atoms with van der Waals surface area (Å²) >= 11 is 0. The highest BCUT2D eigenvalue weighted by Gasteiger charge is 2.38. The number of Topliss-reactive ketones (excluding diaryl/α,β-unsaturated/α-hetero) is 1. The molecular formula is C15H18O5. The van der Waals surface area contributed by atoms with Gasteiger partial charge in [0.05, 0.1) is 18.1 Å². The van der Waals surface area contributed by atoms with Crippen molar-refractivity contribution in [2.24, 2.45) is 5.92 Å². The standard InChI is InChI=1S/C15H18O5/c1-6-4-9(16)20-15-10(6)11-12(17)7(2)5-19-14(11)8(3)13(15)18/h6-7,9,16,18H,4-5H2,1-3H3/t6-,7?,9-/m1/s1. The molecule has 3 rings (SSSR count). The Morgan fingerprint density at radius 1 is 1.20 bits per heavy atom. The number of hydrogen-bond donors (Lipinski definition) is 2. The van der Waals surface area contributed by atoms with Gasteiger partial charge >= 0.3 is 0 Å². The maximum atomic E-state index is 12.5. The molecule has 0 aliphatic carbocycles. The first-order valence-electron chi connectivity index (χ1n) is 6.83. The fraction of sp³-hybridized carbons (Fsp3) is 0.533. The molecule has 20 heavy (non-hydrogen) atoms. The Labute approximate surface area is 117 Å². The largest absolute Gasteiger partial charge is 0.504 e. The Morgan fingerprint density at radius 2 is 1.90 bits per heavy atom. The van der Waals surface area contributed by atoms with Gasteiger partial charge in [-0.2, -0.15) is 0 Å². The highest BCUT2D eigenvalue weighted by atomic mass is 16.6. The van der Waals surface area contributed by atoms with Crippen LogP contribution in [0.3, 0.4) is 0 Å². The van der Waals surface area contributed by atoms with Gasteiger partial charge in [0.25, 0.3) is 0 Å².